The van der Waals surface area contributed by atoms with Gasteiger partial charge in [-0.25, -0.2) is 9.97 Å². The molecule has 1 aliphatic carbocycles. The van der Waals surface area contributed by atoms with E-state index >= 15 is 0 Å². The first-order valence-corrected chi connectivity index (χ1v) is 11.6. The first-order valence-electron chi connectivity index (χ1n) is 10.8. The van der Waals surface area contributed by atoms with Crippen LogP contribution in [0, 0.1) is 0 Å². The van der Waals surface area contributed by atoms with Crippen LogP contribution < -0.4 is 15.4 Å². The van der Waals surface area contributed by atoms with E-state index in [9.17, 15) is 9.59 Å². The highest BCUT2D eigenvalue weighted by Crippen LogP contribution is 2.40. The summed E-state index contributed by atoms with van der Waals surface area (Å²) in [6, 6.07) is 1.12. The molecule has 1 unspecified atom stereocenters. The monoisotopic (exact) mass is 458 g/mol. The Labute approximate surface area is 192 Å². The van der Waals surface area contributed by atoms with Gasteiger partial charge in [-0.15, -0.1) is 11.3 Å². The minimum atomic E-state index is -0.606. The van der Waals surface area contributed by atoms with Gasteiger partial charge in [0.05, 0.1) is 6.54 Å². The molecule has 0 aromatic carbocycles. The molecule has 0 saturated heterocycles. The van der Waals surface area contributed by atoms with Gasteiger partial charge in [-0.2, -0.15) is 4.98 Å². The first-order chi connectivity index (χ1) is 15.4. The maximum atomic E-state index is 12.2. The van der Waals surface area contributed by atoms with Crippen LogP contribution in [0.3, 0.4) is 0 Å². The number of carbonyl (C=O) groups excluding carboxylic acids is 2. The fraction of sp³-hybridized carbons (Fsp3) is 0.500. The van der Waals surface area contributed by atoms with Crippen LogP contribution in [-0.2, 0) is 16.0 Å². The second-order valence-electron chi connectivity index (χ2n) is 7.65. The van der Waals surface area contributed by atoms with Crippen molar-refractivity contribution < 1.29 is 14.3 Å². The fourth-order valence-electron chi connectivity index (χ4n) is 3.09. The molecule has 2 aromatic heterocycles. The largest absolute Gasteiger partial charge is 0.476 e. The average molecular weight is 459 g/mol. The number of aromatic nitrogens is 3. The van der Waals surface area contributed by atoms with Gasteiger partial charge in [0, 0.05) is 30.6 Å². The Kier molecular flexibility index (Phi) is 8.15. The molecule has 2 amide bonds. The molecule has 2 N–H and O–H groups in total. The Bertz CT molecular complexity index is 959. The zero-order chi connectivity index (χ0) is 23.1. The fourth-order valence-corrected chi connectivity index (χ4v) is 4.08. The molecule has 1 fully saturated rings. The molecule has 3 rings (SSSR count). The van der Waals surface area contributed by atoms with Crippen LogP contribution in [-0.4, -0.2) is 57.9 Å². The highest BCUT2D eigenvalue weighted by molar-refractivity contribution is 7.15. The standard InChI is InChI=1S/C22H30N6O3S/c1-5-17-25-18(27-22-24-13-16(32-22)15-8-7-9-15)12-19(26-17)31-11-10-23-21(30)14(3)28(4)20(29)6-2/h6,12-15H,2,5,7-11H2,1,3-4H3,(H,23,30)(H,24,25,26,27). The summed E-state index contributed by atoms with van der Waals surface area (Å²) >= 11 is 1.66. The molecule has 172 valence electrons. The third kappa shape index (κ3) is 6.03. The molecule has 2 aromatic rings. The predicted molar refractivity (Wildman–Crippen MR) is 124 cm³/mol. The maximum Gasteiger partial charge on any atom is 0.246 e. The van der Waals surface area contributed by atoms with Gasteiger partial charge in [-0.3, -0.25) is 9.59 Å². The summed E-state index contributed by atoms with van der Waals surface area (Å²) in [5.41, 5.74) is 0. The van der Waals surface area contributed by atoms with Gasteiger partial charge < -0.3 is 20.3 Å². The highest BCUT2D eigenvalue weighted by Gasteiger charge is 2.22. The third-order valence-electron chi connectivity index (χ3n) is 5.47. The average Bonchev–Trinajstić information content (AvgIpc) is 3.20. The number of anilines is 2. The first kappa shape index (κ1) is 23.6. The number of nitrogens with one attached hydrogen (secondary N) is 2. The molecular formula is C22H30N6O3S. The SMILES string of the molecule is C=CC(=O)N(C)C(C)C(=O)NCCOc1cc(Nc2ncc(C3CCC3)s2)nc(CC)n1. The van der Waals surface area contributed by atoms with E-state index in [1.54, 1.807) is 31.4 Å². The molecule has 0 radical (unpaired) electrons. The van der Waals surface area contributed by atoms with Crippen molar-refractivity contribution in [3.8, 4) is 5.88 Å². The Morgan fingerprint density at radius 2 is 2.19 bits per heavy atom. The van der Waals surface area contributed by atoms with Crippen molar-refractivity contribution in [2.24, 2.45) is 0 Å². The number of ether oxygens (including phenoxy) is 1. The van der Waals surface area contributed by atoms with E-state index in [0.29, 0.717) is 29.9 Å². The van der Waals surface area contributed by atoms with E-state index in [1.807, 2.05) is 13.1 Å². The van der Waals surface area contributed by atoms with E-state index in [-0.39, 0.29) is 25.0 Å². The van der Waals surface area contributed by atoms with Crippen LogP contribution in [0.15, 0.2) is 24.9 Å². The maximum absolute atomic E-state index is 12.2. The molecule has 9 nitrogen and oxygen atoms in total. The van der Waals surface area contributed by atoms with Gasteiger partial charge in [0.15, 0.2) is 5.13 Å². The Morgan fingerprint density at radius 3 is 2.84 bits per heavy atom. The van der Waals surface area contributed by atoms with Crippen molar-refractivity contribution in [2.45, 2.75) is 51.5 Å². The number of likely N-dealkylation sites (N-methyl/N-ethyl adjacent to an activating group) is 1. The summed E-state index contributed by atoms with van der Waals surface area (Å²) in [4.78, 5) is 39.9. The lowest BCUT2D eigenvalue weighted by atomic mass is 9.85. The lowest BCUT2D eigenvalue weighted by Crippen LogP contribution is -2.46. The third-order valence-corrected chi connectivity index (χ3v) is 6.54. The van der Waals surface area contributed by atoms with Crippen molar-refractivity contribution in [3.05, 3.63) is 35.6 Å². The molecule has 0 aliphatic heterocycles. The van der Waals surface area contributed by atoms with Crippen molar-refractivity contribution >= 4 is 34.1 Å². The summed E-state index contributed by atoms with van der Waals surface area (Å²) in [5, 5.41) is 6.82. The van der Waals surface area contributed by atoms with Gasteiger partial charge in [0.2, 0.25) is 17.7 Å². The number of nitrogens with zero attached hydrogens (tertiary/aromatic N) is 4. The van der Waals surface area contributed by atoms with Gasteiger partial charge >= 0.3 is 0 Å². The lowest BCUT2D eigenvalue weighted by Gasteiger charge is -2.23. The van der Waals surface area contributed by atoms with E-state index < -0.39 is 6.04 Å². The number of thiazole rings is 1. The van der Waals surface area contributed by atoms with Crippen LogP contribution in [0.4, 0.5) is 10.9 Å². The summed E-state index contributed by atoms with van der Waals surface area (Å²) in [6.45, 7) is 7.58. The summed E-state index contributed by atoms with van der Waals surface area (Å²) in [7, 11) is 1.56. The second kappa shape index (κ2) is 11.0. The van der Waals surface area contributed by atoms with Crippen LogP contribution in [0.1, 0.15) is 49.7 Å². The molecule has 1 aliphatic rings. The van der Waals surface area contributed by atoms with E-state index in [2.05, 4.69) is 32.2 Å². The minimum Gasteiger partial charge on any atom is -0.476 e. The van der Waals surface area contributed by atoms with E-state index in [0.717, 1.165) is 5.13 Å². The van der Waals surface area contributed by atoms with Crippen LogP contribution in [0.25, 0.3) is 0 Å². The Morgan fingerprint density at radius 1 is 1.41 bits per heavy atom. The number of hydrogen-bond donors (Lipinski definition) is 2. The number of carbonyl (C=O) groups is 2. The predicted octanol–water partition coefficient (Wildman–Crippen LogP) is 3.03. The van der Waals surface area contributed by atoms with Crippen LogP contribution in [0.5, 0.6) is 5.88 Å². The van der Waals surface area contributed by atoms with Gasteiger partial charge in [-0.05, 0) is 31.8 Å². The normalized spacial score (nSPS) is 14.2. The van der Waals surface area contributed by atoms with E-state index in [4.69, 9.17) is 4.74 Å². The molecule has 0 bridgehead atoms. The summed E-state index contributed by atoms with van der Waals surface area (Å²) in [6.07, 6.45) is 7.56. The minimum absolute atomic E-state index is 0.236. The topological polar surface area (TPSA) is 109 Å². The zero-order valence-electron chi connectivity index (χ0n) is 18.8. The van der Waals surface area contributed by atoms with E-state index in [1.165, 1.54) is 35.1 Å². The quantitative estimate of drug-likeness (QED) is 0.393. The van der Waals surface area contributed by atoms with Crippen molar-refractivity contribution in [1.82, 2.24) is 25.2 Å². The molecule has 10 heteroatoms. The lowest BCUT2D eigenvalue weighted by molar-refractivity contribution is -0.135. The van der Waals surface area contributed by atoms with Crippen molar-refractivity contribution in [3.63, 3.8) is 0 Å². The summed E-state index contributed by atoms with van der Waals surface area (Å²) < 4.78 is 5.74. The number of hydrogen-bond acceptors (Lipinski definition) is 8. The van der Waals surface area contributed by atoms with Gasteiger partial charge in [-0.1, -0.05) is 19.9 Å². The van der Waals surface area contributed by atoms with Gasteiger partial charge in [0.1, 0.15) is 24.3 Å². The van der Waals surface area contributed by atoms with Crippen molar-refractivity contribution in [2.75, 3.05) is 25.5 Å². The van der Waals surface area contributed by atoms with Crippen LogP contribution >= 0.6 is 11.3 Å². The number of amides is 2. The number of aryl methyl sites for hydroxylation is 1. The number of rotatable bonds is 11. The van der Waals surface area contributed by atoms with Crippen molar-refractivity contribution in [1.29, 1.82) is 0 Å². The second-order valence-corrected chi connectivity index (χ2v) is 8.71. The van der Waals surface area contributed by atoms with Gasteiger partial charge in [0.25, 0.3) is 0 Å². The molecular weight excluding hydrogens is 428 g/mol. The molecule has 2 heterocycles. The summed E-state index contributed by atoms with van der Waals surface area (Å²) in [5.74, 6) is 1.78. The molecule has 32 heavy (non-hydrogen) atoms. The smallest absolute Gasteiger partial charge is 0.246 e. The molecule has 0 spiro atoms. The molecule has 1 saturated carbocycles. The van der Waals surface area contributed by atoms with Crippen LogP contribution in [0.2, 0.25) is 0 Å². The molecule has 1 atom stereocenters. The zero-order valence-corrected chi connectivity index (χ0v) is 19.6. The Hall–Kier alpha value is -3.01. The highest BCUT2D eigenvalue weighted by atomic mass is 32.1. The Balaban J connectivity index is 1.52.